The number of amides is 1. The molecule has 306 valence electrons. The van der Waals surface area contributed by atoms with Crippen LogP contribution in [0.1, 0.15) is 75.2 Å². The Morgan fingerprint density at radius 2 is 1.95 bits per heavy atom. The molecule has 7 unspecified atom stereocenters. The maximum Gasteiger partial charge on any atom is 0.250 e. The number of carbonyl (C=O) groups excluding carboxylic acids is 1. The molecule has 2 bridgehead atoms. The Balaban J connectivity index is 1.22. The SMILES string of the molecule is CC(Oc1nc2c(F)c(-c3cccc(Cl)c3Cl)c(CCC#N)cc2c2c1cc(C1CC(Oc3ncccc3F)CN1C(=O)C1CC1)n2C1C2CNC1C2)C1CCCN1C. The summed E-state index contributed by atoms with van der Waals surface area (Å²) in [6, 6.07) is 14.2. The van der Waals surface area contributed by atoms with Gasteiger partial charge in [0.2, 0.25) is 11.8 Å². The predicted molar refractivity (Wildman–Crippen MR) is 222 cm³/mol. The maximum absolute atomic E-state index is 17.8. The smallest absolute Gasteiger partial charge is 0.250 e. The number of nitrogens with one attached hydrogen (secondary N) is 1. The van der Waals surface area contributed by atoms with Gasteiger partial charge in [0.1, 0.15) is 17.7 Å². The first-order valence-corrected chi connectivity index (χ1v) is 21.6. The molecule has 7 atom stereocenters. The number of pyridine rings is 2. The normalized spacial score (nSPS) is 25.7. The van der Waals surface area contributed by atoms with Gasteiger partial charge in [0.25, 0.3) is 5.88 Å². The van der Waals surface area contributed by atoms with Crippen molar-refractivity contribution in [2.75, 3.05) is 26.7 Å². The third-order valence-corrected chi connectivity index (χ3v) is 14.3. The lowest BCUT2D eigenvalue weighted by Gasteiger charge is -2.39. The van der Waals surface area contributed by atoms with Gasteiger partial charge in [-0.2, -0.15) is 5.26 Å². The number of fused-ring (bicyclic) bond motifs is 4. The van der Waals surface area contributed by atoms with E-state index in [-0.39, 0.29) is 77.4 Å². The van der Waals surface area contributed by atoms with Gasteiger partial charge in [-0.25, -0.2) is 18.7 Å². The van der Waals surface area contributed by atoms with Gasteiger partial charge in [-0.1, -0.05) is 35.3 Å². The van der Waals surface area contributed by atoms with Crippen molar-refractivity contribution >= 4 is 50.9 Å². The summed E-state index contributed by atoms with van der Waals surface area (Å²) >= 11 is 13.3. The van der Waals surface area contributed by atoms with Crippen LogP contribution in [0.3, 0.4) is 0 Å². The van der Waals surface area contributed by atoms with Crippen LogP contribution in [-0.4, -0.2) is 81.2 Å². The molecule has 2 saturated carbocycles. The molecular formula is C45H45Cl2F2N7O3. The minimum absolute atomic E-state index is 0.0121. The van der Waals surface area contributed by atoms with Crippen LogP contribution >= 0.6 is 23.2 Å². The van der Waals surface area contributed by atoms with Crippen molar-refractivity contribution in [3.63, 3.8) is 0 Å². The summed E-state index contributed by atoms with van der Waals surface area (Å²) in [5, 5.41) is 15.3. The van der Waals surface area contributed by atoms with E-state index in [4.69, 9.17) is 37.7 Å². The van der Waals surface area contributed by atoms with Crippen molar-refractivity contribution in [2.24, 2.45) is 11.8 Å². The number of rotatable bonds is 11. The third kappa shape index (κ3) is 6.60. The molecule has 59 heavy (non-hydrogen) atoms. The Bertz CT molecular complexity index is 2530. The maximum atomic E-state index is 17.8. The second kappa shape index (κ2) is 15.2. The first-order valence-electron chi connectivity index (χ1n) is 20.8. The summed E-state index contributed by atoms with van der Waals surface area (Å²) in [4.78, 5) is 27.6. The summed E-state index contributed by atoms with van der Waals surface area (Å²) in [5.74, 6) is -0.612. The van der Waals surface area contributed by atoms with Gasteiger partial charge in [0.05, 0.1) is 45.6 Å². The highest BCUT2D eigenvalue weighted by Crippen LogP contribution is 2.52. The third-order valence-electron chi connectivity index (χ3n) is 13.4. The Labute approximate surface area is 351 Å². The minimum atomic E-state index is -0.571. The molecule has 0 spiro atoms. The molecule has 1 amide bonds. The van der Waals surface area contributed by atoms with Gasteiger partial charge >= 0.3 is 0 Å². The molecule has 2 aliphatic carbocycles. The van der Waals surface area contributed by atoms with E-state index in [1.807, 2.05) is 17.9 Å². The van der Waals surface area contributed by atoms with Crippen LogP contribution in [-0.2, 0) is 11.2 Å². The first kappa shape index (κ1) is 38.6. The predicted octanol–water partition coefficient (Wildman–Crippen LogP) is 8.82. The number of hydrogen-bond donors (Lipinski definition) is 1. The lowest BCUT2D eigenvalue weighted by atomic mass is 9.79. The molecule has 0 radical (unpaired) electrons. The first-order chi connectivity index (χ1) is 28.6. The van der Waals surface area contributed by atoms with Crippen LogP contribution in [0.2, 0.25) is 10.0 Å². The quantitative estimate of drug-likeness (QED) is 0.141. The van der Waals surface area contributed by atoms with E-state index in [1.165, 1.54) is 18.3 Å². The van der Waals surface area contributed by atoms with Crippen LogP contribution < -0.4 is 14.8 Å². The van der Waals surface area contributed by atoms with E-state index in [0.29, 0.717) is 39.8 Å². The van der Waals surface area contributed by atoms with Crippen LogP contribution in [0.15, 0.2) is 48.7 Å². The van der Waals surface area contributed by atoms with Crippen molar-refractivity contribution in [3.8, 4) is 29.0 Å². The van der Waals surface area contributed by atoms with Crippen molar-refractivity contribution in [1.82, 2.24) is 29.7 Å². The molecule has 2 aromatic carbocycles. The monoisotopic (exact) mass is 839 g/mol. The molecule has 7 heterocycles. The summed E-state index contributed by atoms with van der Waals surface area (Å²) in [6.07, 6.45) is 6.21. The number of halogens is 4. The molecule has 11 rings (SSSR count). The summed E-state index contributed by atoms with van der Waals surface area (Å²) in [7, 11) is 2.10. The summed E-state index contributed by atoms with van der Waals surface area (Å²) in [6.45, 7) is 4.11. The van der Waals surface area contributed by atoms with E-state index in [9.17, 15) is 14.4 Å². The molecular weight excluding hydrogens is 795 g/mol. The number of hydrogen-bond acceptors (Lipinski definition) is 8. The summed E-state index contributed by atoms with van der Waals surface area (Å²) in [5.41, 5.74) is 3.07. The van der Waals surface area contributed by atoms with E-state index in [2.05, 4.69) is 39.0 Å². The average molecular weight is 841 g/mol. The number of likely N-dealkylation sites (tertiary alicyclic amines) is 2. The fourth-order valence-corrected chi connectivity index (χ4v) is 10.8. The van der Waals surface area contributed by atoms with Crippen molar-refractivity contribution < 1.29 is 23.0 Å². The standard InChI is InChI=1S/C45H45Cl2F2N7O3/c1-23(34-11-6-16-54(34)2)58-43-30-20-36(35-19-27(22-55(35)45(57)24-12-13-24)59-44-32(48)10-5-15-51-44)56(41-26-18-33(41)52-21-26)42(30)29-17-25(7-4-14-50)37(39(49)40(29)53-43)28-8-3-9-31(46)38(28)47/h3,5,8-10,15,17,20,23-24,26-27,33-35,41,52H,4,6-7,11-13,16,18-19,21-22H2,1-2H3. The number of carbonyl (C=O) groups is 1. The number of nitrogens with zero attached hydrogens (tertiary/aromatic N) is 6. The zero-order valence-electron chi connectivity index (χ0n) is 32.9. The van der Waals surface area contributed by atoms with Gasteiger partial charge in [-0.3, -0.25) is 9.69 Å². The van der Waals surface area contributed by atoms with Gasteiger partial charge in [0, 0.05) is 65.8 Å². The highest BCUT2D eigenvalue weighted by Gasteiger charge is 2.51. The largest absolute Gasteiger partial charge is 0.472 e. The molecule has 6 aliphatic rings. The highest BCUT2D eigenvalue weighted by atomic mass is 35.5. The van der Waals surface area contributed by atoms with Gasteiger partial charge in [0.15, 0.2) is 11.6 Å². The number of nitriles is 1. The Morgan fingerprint density at radius 1 is 1.10 bits per heavy atom. The second-order valence-electron chi connectivity index (χ2n) is 17.1. The lowest BCUT2D eigenvalue weighted by Crippen LogP contribution is -2.41. The summed E-state index contributed by atoms with van der Waals surface area (Å²) < 4.78 is 48.1. The molecule has 14 heteroatoms. The van der Waals surface area contributed by atoms with Crippen molar-refractivity contribution in [1.29, 1.82) is 5.26 Å². The molecule has 1 N–H and O–H groups in total. The van der Waals surface area contributed by atoms with E-state index >= 15 is 4.39 Å². The van der Waals surface area contributed by atoms with E-state index in [0.717, 1.165) is 61.8 Å². The highest BCUT2D eigenvalue weighted by molar-refractivity contribution is 6.43. The van der Waals surface area contributed by atoms with Crippen molar-refractivity contribution in [3.05, 3.63) is 81.6 Å². The van der Waals surface area contributed by atoms with Gasteiger partial charge in [-0.15, -0.1) is 0 Å². The van der Waals surface area contributed by atoms with Crippen molar-refractivity contribution in [2.45, 2.75) is 94.7 Å². The molecule has 4 saturated heterocycles. The average Bonchev–Trinajstić information content (AvgIpc) is 3.66. The van der Waals surface area contributed by atoms with Gasteiger partial charge < -0.3 is 24.3 Å². The Morgan fingerprint density at radius 3 is 2.66 bits per heavy atom. The zero-order valence-corrected chi connectivity index (χ0v) is 34.4. The van der Waals surface area contributed by atoms with Gasteiger partial charge in [-0.05, 0) is 101 Å². The lowest BCUT2D eigenvalue weighted by molar-refractivity contribution is -0.133. The molecule has 4 aliphatic heterocycles. The van der Waals surface area contributed by atoms with Crippen LogP contribution in [0.25, 0.3) is 32.9 Å². The number of likely N-dealkylation sites (N-methyl/N-ethyl adjacent to an activating group) is 1. The van der Waals surface area contributed by atoms with Crippen LogP contribution in [0.5, 0.6) is 11.8 Å². The minimum Gasteiger partial charge on any atom is -0.472 e. The Kier molecular flexibility index (Phi) is 9.94. The number of aryl methyl sites for hydroxylation is 1. The molecule has 5 aromatic rings. The Hall–Kier alpha value is -4.54. The number of benzene rings is 2. The fourth-order valence-electron chi connectivity index (χ4n) is 10.4. The van der Waals surface area contributed by atoms with Crippen LogP contribution in [0.4, 0.5) is 8.78 Å². The molecule has 3 aromatic heterocycles. The van der Waals surface area contributed by atoms with E-state index in [1.54, 1.807) is 18.2 Å². The molecule has 6 fully saturated rings. The van der Waals surface area contributed by atoms with E-state index < -0.39 is 23.8 Å². The topological polar surface area (TPSA) is 109 Å². The fraction of sp³-hybridized carbons (Fsp3) is 0.467. The number of aromatic nitrogens is 3. The number of ether oxygens (including phenoxy) is 2. The second-order valence-corrected chi connectivity index (χ2v) is 17.8. The molecule has 10 nitrogen and oxygen atoms in total. The zero-order chi connectivity index (χ0) is 40.7. The van der Waals surface area contributed by atoms with Crippen LogP contribution in [0, 0.1) is 34.8 Å².